The van der Waals surface area contributed by atoms with Crippen molar-refractivity contribution in [3.63, 3.8) is 0 Å². The van der Waals surface area contributed by atoms with Crippen molar-refractivity contribution in [3.05, 3.63) is 23.3 Å². The molecule has 1 unspecified atom stereocenters. The minimum atomic E-state index is -0.131. The van der Waals surface area contributed by atoms with Gasteiger partial charge < -0.3 is 15.5 Å². The normalized spacial score (nSPS) is 26.2. The van der Waals surface area contributed by atoms with E-state index in [2.05, 4.69) is 20.5 Å². The lowest BCUT2D eigenvalue weighted by atomic mass is 9.84. The van der Waals surface area contributed by atoms with Gasteiger partial charge in [-0.2, -0.15) is 0 Å². The molecule has 0 saturated carbocycles. The van der Waals surface area contributed by atoms with Gasteiger partial charge in [0.25, 0.3) is 5.91 Å². The molecular weight excluding hydrogens is 312 g/mol. The Morgan fingerprint density at radius 2 is 2.22 bits per heavy atom. The zero-order valence-corrected chi connectivity index (χ0v) is 13.4. The van der Waals surface area contributed by atoms with Gasteiger partial charge in [0, 0.05) is 29.5 Å². The zero-order valence-electron chi connectivity index (χ0n) is 12.6. The fourth-order valence-electron chi connectivity index (χ4n) is 3.60. The summed E-state index contributed by atoms with van der Waals surface area (Å²) in [5, 5.41) is 8.52. The van der Waals surface area contributed by atoms with E-state index < -0.39 is 0 Å². The second-order valence-electron chi connectivity index (χ2n) is 6.20. The van der Waals surface area contributed by atoms with Gasteiger partial charge >= 0.3 is 0 Å². The maximum absolute atomic E-state index is 12.5. The number of carbonyl (C=O) groups is 2. The number of hydrogen-bond acceptors (Lipinski definition) is 5. The van der Waals surface area contributed by atoms with E-state index in [4.69, 9.17) is 0 Å². The van der Waals surface area contributed by atoms with Gasteiger partial charge in [0.2, 0.25) is 6.41 Å². The zero-order chi connectivity index (χ0) is 15.8. The molecule has 3 fully saturated rings. The van der Waals surface area contributed by atoms with Crippen LogP contribution >= 0.6 is 11.3 Å². The Morgan fingerprint density at radius 1 is 1.39 bits per heavy atom. The Morgan fingerprint density at radius 3 is 2.91 bits per heavy atom. The highest BCUT2D eigenvalue weighted by Gasteiger charge is 2.35. The third kappa shape index (κ3) is 2.70. The Bertz CT molecular complexity index is 752. The van der Waals surface area contributed by atoms with E-state index in [9.17, 15) is 9.59 Å². The van der Waals surface area contributed by atoms with Crippen molar-refractivity contribution in [1.29, 1.82) is 0 Å². The number of nitrogens with one attached hydrogen (secondary N) is 2. The first-order valence-electron chi connectivity index (χ1n) is 7.85. The molecule has 1 atom stereocenters. The third-order valence-corrected chi connectivity index (χ3v) is 5.81. The van der Waals surface area contributed by atoms with Gasteiger partial charge in [-0.05, 0) is 37.9 Å². The van der Waals surface area contributed by atoms with Gasteiger partial charge in [0.1, 0.15) is 5.69 Å². The van der Waals surface area contributed by atoms with Crippen LogP contribution in [0.4, 0.5) is 5.69 Å². The van der Waals surface area contributed by atoms with Crippen molar-refractivity contribution in [1.82, 2.24) is 15.2 Å². The summed E-state index contributed by atoms with van der Waals surface area (Å²) in [6.45, 7) is 3.24. The molecule has 6 nitrogen and oxygen atoms in total. The minimum absolute atomic E-state index is 0.131. The molecule has 2 aromatic rings. The number of nitrogens with zero attached hydrogens (tertiary/aromatic N) is 2. The summed E-state index contributed by atoms with van der Waals surface area (Å²) >= 11 is 1.50. The molecule has 0 aromatic carbocycles. The Hall–Kier alpha value is -1.99. The van der Waals surface area contributed by atoms with Gasteiger partial charge in [0.05, 0.1) is 10.4 Å². The maximum Gasteiger partial charge on any atom is 0.270 e. The van der Waals surface area contributed by atoms with Crippen LogP contribution in [0.25, 0.3) is 10.1 Å². The van der Waals surface area contributed by atoms with E-state index in [1.54, 1.807) is 12.3 Å². The molecule has 3 aliphatic rings. The fourth-order valence-corrected chi connectivity index (χ4v) is 4.45. The number of carbonyl (C=O) groups excluding carboxylic acids is 2. The monoisotopic (exact) mass is 330 g/mol. The molecule has 7 heteroatoms. The predicted molar refractivity (Wildman–Crippen MR) is 89.7 cm³/mol. The number of hydrogen-bond donors (Lipinski definition) is 2. The summed E-state index contributed by atoms with van der Waals surface area (Å²) in [6, 6.07) is 1.98. The lowest BCUT2D eigenvalue weighted by Gasteiger charge is -2.44. The van der Waals surface area contributed by atoms with Crippen LogP contribution < -0.4 is 10.6 Å². The fraction of sp³-hybridized carbons (Fsp3) is 0.438. The second-order valence-corrected chi connectivity index (χ2v) is 7.11. The van der Waals surface area contributed by atoms with E-state index in [1.807, 2.05) is 5.38 Å². The number of amides is 2. The highest BCUT2D eigenvalue weighted by Crippen LogP contribution is 2.30. The number of fused-ring (bicyclic) bond motifs is 4. The average Bonchev–Trinajstić information content (AvgIpc) is 2.99. The van der Waals surface area contributed by atoms with Crippen molar-refractivity contribution in [3.8, 4) is 0 Å². The summed E-state index contributed by atoms with van der Waals surface area (Å²) in [5.74, 6) is 0.454. The molecule has 5 rings (SSSR count). The highest BCUT2D eigenvalue weighted by molar-refractivity contribution is 7.17. The number of thiophene rings is 1. The number of rotatable bonds is 4. The summed E-state index contributed by atoms with van der Waals surface area (Å²) < 4.78 is 0.953. The quantitative estimate of drug-likeness (QED) is 0.837. The lowest BCUT2D eigenvalue weighted by Crippen LogP contribution is -2.57. The molecule has 2 N–H and O–H groups in total. The summed E-state index contributed by atoms with van der Waals surface area (Å²) in [6.07, 6.45) is 4.67. The molecule has 2 aromatic heterocycles. The largest absolute Gasteiger partial charge is 0.346 e. The predicted octanol–water partition coefficient (Wildman–Crippen LogP) is 1.69. The summed E-state index contributed by atoms with van der Waals surface area (Å²) in [4.78, 5) is 29.9. The third-order valence-electron chi connectivity index (χ3n) is 4.88. The van der Waals surface area contributed by atoms with Crippen LogP contribution in [0, 0.1) is 5.92 Å². The minimum Gasteiger partial charge on any atom is -0.346 e. The smallest absolute Gasteiger partial charge is 0.270 e. The Labute approximate surface area is 137 Å². The van der Waals surface area contributed by atoms with E-state index in [1.165, 1.54) is 11.3 Å². The molecule has 23 heavy (non-hydrogen) atoms. The van der Waals surface area contributed by atoms with E-state index in [-0.39, 0.29) is 11.9 Å². The van der Waals surface area contributed by atoms with Crippen LogP contribution in [0.2, 0.25) is 0 Å². The van der Waals surface area contributed by atoms with Crippen LogP contribution in [0.5, 0.6) is 0 Å². The lowest BCUT2D eigenvalue weighted by molar-refractivity contribution is -0.105. The van der Waals surface area contributed by atoms with Crippen molar-refractivity contribution in [2.45, 2.75) is 18.9 Å². The summed E-state index contributed by atoms with van der Waals surface area (Å²) in [7, 11) is 0. The van der Waals surface area contributed by atoms with Crippen molar-refractivity contribution in [2.75, 3.05) is 25.0 Å². The van der Waals surface area contributed by atoms with Crippen molar-refractivity contribution < 1.29 is 9.59 Å². The van der Waals surface area contributed by atoms with Gasteiger partial charge in [-0.1, -0.05) is 0 Å². The van der Waals surface area contributed by atoms with Crippen LogP contribution in [-0.2, 0) is 4.79 Å². The highest BCUT2D eigenvalue weighted by atomic mass is 32.1. The first-order chi connectivity index (χ1) is 11.2. The molecule has 3 aliphatic heterocycles. The molecule has 5 heterocycles. The van der Waals surface area contributed by atoms with Crippen LogP contribution in [-0.4, -0.2) is 47.9 Å². The molecule has 2 amide bonds. The molecule has 0 aliphatic carbocycles. The Kier molecular flexibility index (Phi) is 3.74. The molecule has 0 radical (unpaired) electrons. The molecule has 2 bridgehead atoms. The van der Waals surface area contributed by atoms with Gasteiger partial charge in [0.15, 0.2) is 0 Å². The van der Waals surface area contributed by atoms with E-state index >= 15 is 0 Å². The van der Waals surface area contributed by atoms with Crippen molar-refractivity contribution in [2.24, 2.45) is 5.92 Å². The second kappa shape index (κ2) is 5.90. The van der Waals surface area contributed by atoms with Gasteiger partial charge in [-0.15, -0.1) is 11.3 Å². The summed E-state index contributed by atoms with van der Waals surface area (Å²) in [5.41, 5.74) is 1.13. The first kappa shape index (κ1) is 14.6. The molecular formula is C16H18N4O2S. The topological polar surface area (TPSA) is 74.3 Å². The van der Waals surface area contributed by atoms with Crippen LogP contribution in [0.1, 0.15) is 23.3 Å². The Balaban J connectivity index is 1.54. The number of anilines is 1. The molecule has 3 saturated heterocycles. The number of aromatic nitrogens is 1. The van der Waals surface area contributed by atoms with Crippen LogP contribution in [0.15, 0.2) is 17.6 Å². The van der Waals surface area contributed by atoms with Gasteiger partial charge in [-0.25, -0.2) is 4.98 Å². The number of pyridine rings is 1. The van der Waals surface area contributed by atoms with Crippen molar-refractivity contribution >= 4 is 39.4 Å². The standard InChI is InChI=1S/C16H18N4O2S/c21-9-18-14-8-23-15-6-17-12(5-11(14)15)16(22)19-13-7-20-3-1-10(13)2-4-20/h5-6,8-10,13H,1-4,7H2,(H,18,21)(H,19,22). The van der Waals surface area contributed by atoms with Crippen LogP contribution in [0.3, 0.4) is 0 Å². The average molecular weight is 330 g/mol. The molecule has 120 valence electrons. The number of piperidine rings is 3. The maximum atomic E-state index is 12.5. The van der Waals surface area contributed by atoms with E-state index in [0.29, 0.717) is 18.0 Å². The SMILES string of the molecule is O=CNc1csc2cnc(C(=O)NC3CN4CCC3CC4)cc12. The molecule has 0 spiro atoms. The van der Waals surface area contributed by atoms with Gasteiger partial charge in [-0.3, -0.25) is 9.59 Å². The van der Waals surface area contributed by atoms with E-state index in [0.717, 1.165) is 48.2 Å². The first-order valence-corrected chi connectivity index (χ1v) is 8.73.